The van der Waals surface area contributed by atoms with E-state index in [1.165, 1.54) is 24.3 Å². The number of benzene rings is 1. The van der Waals surface area contributed by atoms with Crippen molar-refractivity contribution in [1.29, 1.82) is 0 Å². The van der Waals surface area contributed by atoms with Crippen LogP contribution in [0.3, 0.4) is 0 Å². The molecule has 3 amide bonds. The fraction of sp³-hybridized carbons (Fsp3) is 0.652. The number of carbonyl (C=O) groups excluding carboxylic acids is 2. The van der Waals surface area contributed by atoms with Gasteiger partial charge in [0.1, 0.15) is 11.9 Å². The molecule has 0 spiro atoms. The van der Waals surface area contributed by atoms with Crippen LogP contribution in [-0.2, 0) is 14.3 Å². The Morgan fingerprint density at radius 1 is 1.12 bits per heavy atom. The number of hydrogen-bond acceptors (Lipinski definition) is 6. The first-order valence-corrected chi connectivity index (χ1v) is 11.6. The first-order chi connectivity index (χ1) is 15.9. The van der Waals surface area contributed by atoms with Gasteiger partial charge in [-0.15, -0.1) is 0 Å². The van der Waals surface area contributed by atoms with Crippen molar-refractivity contribution in [3.05, 3.63) is 30.1 Å². The number of ether oxygens (including phenoxy) is 2. The minimum atomic E-state index is -0.818. The Hall–Kier alpha value is -2.27. The zero-order valence-corrected chi connectivity index (χ0v) is 19.0. The minimum Gasteiger partial charge on any atom is -0.389 e. The molecule has 10 heteroatoms. The molecule has 3 aliphatic heterocycles. The molecule has 1 aromatic carbocycles. The lowest BCUT2D eigenvalue weighted by Gasteiger charge is -2.44. The van der Waals surface area contributed by atoms with E-state index in [1.807, 2.05) is 4.90 Å². The molecule has 0 radical (unpaired) electrons. The lowest BCUT2D eigenvalue weighted by Crippen LogP contribution is -2.58. The van der Waals surface area contributed by atoms with E-state index in [2.05, 4.69) is 17.3 Å². The van der Waals surface area contributed by atoms with Gasteiger partial charge in [0.25, 0.3) is 0 Å². The number of aliphatic hydroxyl groups is 1. The number of β-amino-alcohol motifs (C(OH)–C–C–N with tert-alkyl or cyclic N) is 1. The molecule has 182 valence electrons. The summed E-state index contributed by atoms with van der Waals surface area (Å²) >= 11 is 0. The molecule has 4 atom stereocenters. The Labute approximate surface area is 193 Å². The van der Waals surface area contributed by atoms with Gasteiger partial charge < -0.3 is 34.6 Å². The van der Waals surface area contributed by atoms with E-state index in [0.717, 1.165) is 26.2 Å². The van der Waals surface area contributed by atoms with Crippen LogP contribution in [0, 0.1) is 5.82 Å². The van der Waals surface area contributed by atoms with E-state index in [1.54, 1.807) is 4.90 Å². The summed E-state index contributed by atoms with van der Waals surface area (Å²) in [7, 11) is 2.05. The fourth-order valence-electron chi connectivity index (χ4n) is 4.68. The maximum atomic E-state index is 13.2. The normalized spacial score (nSPS) is 29.1. The molecule has 1 aromatic rings. The highest BCUT2D eigenvalue weighted by Gasteiger charge is 2.40. The van der Waals surface area contributed by atoms with E-state index < -0.39 is 12.2 Å². The lowest BCUT2D eigenvalue weighted by molar-refractivity contribution is -0.155. The Bertz CT molecular complexity index is 818. The van der Waals surface area contributed by atoms with Crippen molar-refractivity contribution in [2.45, 2.75) is 43.6 Å². The third-order valence-corrected chi connectivity index (χ3v) is 6.60. The monoisotopic (exact) mass is 464 g/mol. The van der Waals surface area contributed by atoms with Gasteiger partial charge in [-0.1, -0.05) is 0 Å². The predicted octanol–water partition coefficient (Wildman–Crippen LogP) is 1.13. The summed E-state index contributed by atoms with van der Waals surface area (Å²) in [4.78, 5) is 31.5. The van der Waals surface area contributed by atoms with Gasteiger partial charge in [0, 0.05) is 31.9 Å². The molecule has 2 N–H and O–H groups in total. The summed E-state index contributed by atoms with van der Waals surface area (Å²) in [5, 5.41) is 13.0. The molecule has 3 fully saturated rings. The van der Waals surface area contributed by atoms with Crippen LogP contribution in [0.2, 0.25) is 0 Å². The smallest absolute Gasteiger partial charge is 0.322 e. The quantitative estimate of drug-likeness (QED) is 0.697. The van der Waals surface area contributed by atoms with Crippen LogP contribution in [-0.4, -0.2) is 109 Å². The second-order valence-corrected chi connectivity index (χ2v) is 9.11. The summed E-state index contributed by atoms with van der Waals surface area (Å²) in [6.07, 6.45) is 0.150. The number of halogens is 1. The molecule has 0 aromatic heterocycles. The van der Waals surface area contributed by atoms with E-state index in [9.17, 15) is 19.1 Å². The predicted molar refractivity (Wildman–Crippen MR) is 119 cm³/mol. The fourth-order valence-corrected chi connectivity index (χ4v) is 4.68. The van der Waals surface area contributed by atoms with Crippen molar-refractivity contribution in [2.75, 3.05) is 58.3 Å². The van der Waals surface area contributed by atoms with Gasteiger partial charge in [0.05, 0.1) is 44.4 Å². The average Bonchev–Trinajstić information content (AvgIpc) is 2.78. The molecule has 3 heterocycles. The van der Waals surface area contributed by atoms with Crippen LogP contribution in [0.1, 0.15) is 19.3 Å². The van der Waals surface area contributed by atoms with Crippen LogP contribution >= 0.6 is 0 Å². The van der Waals surface area contributed by atoms with E-state index >= 15 is 0 Å². The van der Waals surface area contributed by atoms with E-state index in [4.69, 9.17) is 9.47 Å². The van der Waals surface area contributed by atoms with Gasteiger partial charge in [-0.2, -0.15) is 0 Å². The number of nitrogens with one attached hydrogen (secondary N) is 1. The molecular formula is C23H33FN4O5. The molecule has 3 saturated heterocycles. The van der Waals surface area contributed by atoms with Gasteiger partial charge in [-0.3, -0.25) is 4.79 Å². The van der Waals surface area contributed by atoms with Crippen LogP contribution in [0.4, 0.5) is 14.9 Å². The minimum absolute atomic E-state index is 0.0950. The SMILES string of the molecule is CN1CCN(C(=O)C[C@@H]2CC[C@H]3[C@@H](COC[C@H](O)CN3C(=O)Nc3ccc(F)cc3)O2)CC1. The molecule has 0 saturated carbocycles. The maximum absolute atomic E-state index is 13.2. The maximum Gasteiger partial charge on any atom is 0.322 e. The molecule has 0 unspecified atom stereocenters. The third-order valence-electron chi connectivity index (χ3n) is 6.60. The van der Waals surface area contributed by atoms with Gasteiger partial charge in [0.2, 0.25) is 5.91 Å². The summed E-state index contributed by atoms with van der Waals surface area (Å²) in [5.41, 5.74) is 0.470. The van der Waals surface area contributed by atoms with Crippen molar-refractivity contribution < 1.29 is 28.6 Å². The van der Waals surface area contributed by atoms with Crippen molar-refractivity contribution in [2.24, 2.45) is 0 Å². The van der Waals surface area contributed by atoms with Crippen molar-refractivity contribution >= 4 is 17.6 Å². The van der Waals surface area contributed by atoms with Crippen molar-refractivity contribution in [1.82, 2.24) is 14.7 Å². The Balaban J connectivity index is 1.39. The molecule has 33 heavy (non-hydrogen) atoms. The summed E-state index contributed by atoms with van der Waals surface area (Å²) in [6.45, 7) is 3.63. The van der Waals surface area contributed by atoms with E-state index in [-0.39, 0.29) is 49.7 Å². The molecule has 3 aliphatic rings. The van der Waals surface area contributed by atoms with Gasteiger partial charge in [-0.05, 0) is 44.2 Å². The van der Waals surface area contributed by atoms with Crippen molar-refractivity contribution in [3.63, 3.8) is 0 Å². The van der Waals surface area contributed by atoms with Crippen LogP contribution in [0.5, 0.6) is 0 Å². The second-order valence-electron chi connectivity index (χ2n) is 9.11. The zero-order valence-electron chi connectivity index (χ0n) is 19.0. The summed E-state index contributed by atoms with van der Waals surface area (Å²) in [5.74, 6) is -0.288. The summed E-state index contributed by atoms with van der Waals surface area (Å²) in [6, 6.07) is 4.86. The molecule has 0 aliphatic carbocycles. The molecule has 4 rings (SSSR count). The molecule has 9 nitrogen and oxygen atoms in total. The number of nitrogens with zero attached hydrogens (tertiary/aromatic N) is 3. The van der Waals surface area contributed by atoms with Gasteiger partial charge in [-0.25, -0.2) is 9.18 Å². The molecule has 0 bridgehead atoms. The zero-order chi connectivity index (χ0) is 23.4. The molecular weight excluding hydrogens is 431 g/mol. The van der Waals surface area contributed by atoms with E-state index in [0.29, 0.717) is 24.9 Å². The second kappa shape index (κ2) is 10.8. The highest BCUT2D eigenvalue weighted by atomic mass is 19.1. The van der Waals surface area contributed by atoms with Gasteiger partial charge >= 0.3 is 6.03 Å². The topological polar surface area (TPSA) is 94.6 Å². The highest BCUT2D eigenvalue weighted by Crippen LogP contribution is 2.28. The number of aliphatic hydroxyl groups excluding tert-OH is 1. The number of anilines is 1. The highest BCUT2D eigenvalue weighted by molar-refractivity contribution is 5.89. The third kappa shape index (κ3) is 6.20. The van der Waals surface area contributed by atoms with Crippen molar-refractivity contribution in [3.8, 4) is 0 Å². The lowest BCUT2D eigenvalue weighted by atomic mass is 9.94. The number of fused-ring (bicyclic) bond motifs is 1. The Morgan fingerprint density at radius 3 is 2.58 bits per heavy atom. The van der Waals surface area contributed by atoms with Gasteiger partial charge in [0.15, 0.2) is 0 Å². The van der Waals surface area contributed by atoms with Crippen LogP contribution < -0.4 is 5.32 Å². The first-order valence-electron chi connectivity index (χ1n) is 11.6. The summed E-state index contributed by atoms with van der Waals surface area (Å²) < 4.78 is 25.1. The average molecular weight is 465 g/mol. The van der Waals surface area contributed by atoms with Crippen LogP contribution in [0.25, 0.3) is 0 Å². The number of amides is 3. The van der Waals surface area contributed by atoms with Crippen LogP contribution in [0.15, 0.2) is 24.3 Å². The standard InChI is InChI=1S/C23H33FN4O5/c1-26-8-10-27(11-9-26)22(30)12-19-6-7-20-21(33-19)15-32-14-18(29)13-28(20)23(31)25-17-4-2-16(24)3-5-17/h2-5,18-21,29H,6-15H2,1H3,(H,25,31)/t18-,19+,20+,21-/m1/s1. The number of hydrogen-bond donors (Lipinski definition) is 2. The Kier molecular flexibility index (Phi) is 7.79. The largest absolute Gasteiger partial charge is 0.389 e. The Morgan fingerprint density at radius 2 is 1.85 bits per heavy atom. The number of carbonyl (C=O) groups is 2. The first kappa shape index (κ1) is 23.9. The number of urea groups is 1. The number of likely N-dealkylation sites (N-methyl/N-ethyl adjacent to an activating group) is 1. The number of rotatable bonds is 3. The number of piperazine rings is 1.